The standard InChI is InChI=1S/C20H17F3N4O2/c1-12(13-7-14(20(21,22)23)9-15(24)8-13)26-19(29)17-11-27(18(28)10-25-17)16-5-3-2-4-6-16/h2-12H,24H2,1H3,(H,26,29)/t12-/m1/s1. The first-order chi connectivity index (χ1) is 13.6. The average molecular weight is 402 g/mol. The number of carbonyl (C=O) groups is 1. The summed E-state index contributed by atoms with van der Waals surface area (Å²) in [4.78, 5) is 28.4. The molecule has 150 valence electrons. The molecule has 9 heteroatoms. The molecule has 0 aliphatic carbocycles. The van der Waals surface area contributed by atoms with Crippen molar-refractivity contribution in [2.24, 2.45) is 0 Å². The second kappa shape index (κ2) is 7.78. The smallest absolute Gasteiger partial charge is 0.399 e. The minimum Gasteiger partial charge on any atom is -0.399 e. The Morgan fingerprint density at radius 2 is 1.86 bits per heavy atom. The molecular weight excluding hydrogens is 385 g/mol. The van der Waals surface area contributed by atoms with Gasteiger partial charge >= 0.3 is 6.18 Å². The Hall–Kier alpha value is -3.62. The molecule has 0 radical (unpaired) electrons. The number of nitrogens with two attached hydrogens (primary N) is 1. The van der Waals surface area contributed by atoms with Crippen molar-refractivity contribution in [1.82, 2.24) is 14.9 Å². The number of halogens is 3. The summed E-state index contributed by atoms with van der Waals surface area (Å²) in [6, 6.07) is 11.0. The number of amides is 1. The minimum atomic E-state index is -4.55. The number of hydrogen-bond donors (Lipinski definition) is 2. The number of alkyl halides is 3. The molecule has 29 heavy (non-hydrogen) atoms. The van der Waals surface area contributed by atoms with Crippen molar-refractivity contribution in [1.29, 1.82) is 0 Å². The molecule has 0 saturated carbocycles. The maximum absolute atomic E-state index is 13.0. The summed E-state index contributed by atoms with van der Waals surface area (Å²) in [6.45, 7) is 1.53. The van der Waals surface area contributed by atoms with Gasteiger partial charge in [0.1, 0.15) is 5.69 Å². The zero-order valence-electron chi connectivity index (χ0n) is 15.3. The fourth-order valence-electron chi connectivity index (χ4n) is 2.76. The lowest BCUT2D eigenvalue weighted by Crippen LogP contribution is -2.30. The summed E-state index contributed by atoms with van der Waals surface area (Å²) in [5.74, 6) is -0.641. The Bertz CT molecular complexity index is 1090. The van der Waals surface area contributed by atoms with E-state index in [0.717, 1.165) is 18.3 Å². The normalized spacial score (nSPS) is 12.4. The highest BCUT2D eigenvalue weighted by Gasteiger charge is 2.31. The number of carbonyl (C=O) groups excluding carboxylic acids is 1. The summed E-state index contributed by atoms with van der Waals surface area (Å²) >= 11 is 0. The third kappa shape index (κ3) is 4.63. The van der Waals surface area contributed by atoms with Crippen LogP contribution < -0.4 is 16.6 Å². The molecule has 0 spiro atoms. The molecule has 1 atom stereocenters. The van der Waals surface area contributed by atoms with Crippen molar-refractivity contribution in [2.75, 3.05) is 5.73 Å². The van der Waals surface area contributed by atoms with E-state index in [-0.39, 0.29) is 16.9 Å². The summed E-state index contributed by atoms with van der Waals surface area (Å²) in [7, 11) is 0. The molecule has 2 aromatic carbocycles. The summed E-state index contributed by atoms with van der Waals surface area (Å²) in [6.07, 6.45) is -2.27. The molecule has 3 N–H and O–H groups in total. The Kier molecular flexibility index (Phi) is 5.40. The van der Waals surface area contributed by atoms with Gasteiger partial charge in [-0.25, -0.2) is 4.98 Å². The topological polar surface area (TPSA) is 90.0 Å². The van der Waals surface area contributed by atoms with Crippen molar-refractivity contribution in [2.45, 2.75) is 19.1 Å². The van der Waals surface area contributed by atoms with E-state index in [4.69, 9.17) is 5.73 Å². The number of aromatic nitrogens is 2. The lowest BCUT2D eigenvalue weighted by molar-refractivity contribution is -0.137. The van der Waals surface area contributed by atoms with Crippen LogP contribution in [-0.4, -0.2) is 15.5 Å². The van der Waals surface area contributed by atoms with Crippen molar-refractivity contribution in [3.63, 3.8) is 0 Å². The van der Waals surface area contributed by atoms with Gasteiger partial charge in [0, 0.05) is 17.6 Å². The highest BCUT2D eigenvalue weighted by Crippen LogP contribution is 2.32. The molecule has 0 bridgehead atoms. The largest absolute Gasteiger partial charge is 0.416 e. The quantitative estimate of drug-likeness (QED) is 0.655. The number of rotatable bonds is 4. The van der Waals surface area contributed by atoms with E-state index in [1.165, 1.54) is 23.8 Å². The molecule has 0 aliphatic heterocycles. The average Bonchev–Trinajstić information content (AvgIpc) is 2.67. The van der Waals surface area contributed by atoms with Gasteiger partial charge in [0.2, 0.25) is 0 Å². The highest BCUT2D eigenvalue weighted by molar-refractivity contribution is 5.92. The van der Waals surface area contributed by atoms with Gasteiger partial charge in [0.25, 0.3) is 11.5 Å². The van der Waals surface area contributed by atoms with E-state index < -0.39 is 29.2 Å². The molecule has 1 amide bonds. The predicted molar refractivity (Wildman–Crippen MR) is 102 cm³/mol. The van der Waals surface area contributed by atoms with Gasteiger partial charge in [-0.15, -0.1) is 0 Å². The number of anilines is 1. The number of nitrogens with one attached hydrogen (secondary N) is 1. The molecule has 3 aromatic rings. The fourth-order valence-corrected chi connectivity index (χ4v) is 2.76. The molecule has 3 rings (SSSR count). The third-order valence-corrected chi connectivity index (χ3v) is 4.22. The van der Waals surface area contributed by atoms with E-state index in [1.807, 2.05) is 0 Å². The van der Waals surface area contributed by atoms with Gasteiger partial charge in [-0.05, 0) is 42.8 Å². The fraction of sp³-hybridized carbons (Fsp3) is 0.150. The van der Waals surface area contributed by atoms with Crippen LogP contribution in [0.4, 0.5) is 18.9 Å². The first-order valence-corrected chi connectivity index (χ1v) is 8.58. The Morgan fingerprint density at radius 3 is 2.52 bits per heavy atom. The van der Waals surface area contributed by atoms with Gasteiger partial charge in [0.05, 0.1) is 17.8 Å². The number of nitrogen functional groups attached to an aromatic ring is 1. The van der Waals surface area contributed by atoms with E-state index in [9.17, 15) is 22.8 Å². The lowest BCUT2D eigenvalue weighted by Gasteiger charge is -2.17. The molecule has 6 nitrogen and oxygen atoms in total. The van der Waals surface area contributed by atoms with Crippen molar-refractivity contribution in [3.05, 3.63) is 88.1 Å². The van der Waals surface area contributed by atoms with Crippen LogP contribution in [-0.2, 0) is 6.18 Å². The first kappa shape index (κ1) is 20.1. The molecule has 0 fully saturated rings. The maximum atomic E-state index is 13.0. The Morgan fingerprint density at radius 1 is 1.17 bits per heavy atom. The van der Waals surface area contributed by atoms with Crippen LogP contribution >= 0.6 is 0 Å². The maximum Gasteiger partial charge on any atom is 0.416 e. The van der Waals surface area contributed by atoms with Gasteiger partial charge in [-0.3, -0.25) is 14.2 Å². The Balaban J connectivity index is 1.86. The molecule has 0 unspecified atom stereocenters. The van der Waals surface area contributed by atoms with Crippen LogP contribution in [0.2, 0.25) is 0 Å². The number of nitrogens with zero attached hydrogens (tertiary/aromatic N) is 2. The zero-order chi connectivity index (χ0) is 21.2. The van der Waals surface area contributed by atoms with Gasteiger partial charge in [-0.1, -0.05) is 18.2 Å². The predicted octanol–water partition coefficient (Wildman–Crippen LogP) is 3.32. The number of benzene rings is 2. The SMILES string of the molecule is C[C@@H](NC(=O)c1cn(-c2ccccc2)c(=O)cn1)c1cc(N)cc(C(F)(F)F)c1. The first-order valence-electron chi connectivity index (χ1n) is 8.58. The second-order valence-corrected chi connectivity index (χ2v) is 6.40. The molecule has 0 saturated heterocycles. The molecule has 1 heterocycles. The van der Waals surface area contributed by atoms with E-state index in [2.05, 4.69) is 10.3 Å². The molecule has 0 aliphatic rings. The van der Waals surface area contributed by atoms with E-state index in [1.54, 1.807) is 30.3 Å². The van der Waals surface area contributed by atoms with Crippen LogP contribution in [0.25, 0.3) is 5.69 Å². The highest BCUT2D eigenvalue weighted by atomic mass is 19.4. The van der Waals surface area contributed by atoms with Gasteiger partial charge in [-0.2, -0.15) is 13.2 Å². The number of hydrogen-bond acceptors (Lipinski definition) is 4. The molecular formula is C20H17F3N4O2. The monoisotopic (exact) mass is 402 g/mol. The summed E-state index contributed by atoms with van der Waals surface area (Å²) in [5.41, 5.74) is 4.88. The summed E-state index contributed by atoms with van der Waals surface area (Å²) in [5, 5.41) is 2.58. The van der Waals surface area contributed by atoms with Crippen LogP contribution in [0.1, 0.15) is 34.6 Å². The van der Waals surface area contributed by atoms with E-state index >= 15 is 0 Å². The third-order valence-electron chi connectivity index (χ3n) is 4.22. The van der Waals surface area contributed by atoms with Crippen molar-refractivity contribution >= 4 is 11.6 Å². The second-order valence-electron chi connectivity index (χ2n) is 6.40. The molecule has 1 aromatic heterocycles. The van der Waals surface area contributed by atoms with Crippen LogP contribution in [0.5, 0.6) is 0 Å². The van der Waals surface area contributed by atoms with Crippen molar-refractivity contribution < 1.29 is 18.0 Å². The van der Waals surface area contributed by atoms with Gasteiger partial charge in [0.15, 0.2) is 0 Å². The Labute approximate surface area is 163 Å². The minimum absolute atomic E-state index is 0.0553. The summed E-state index contributed by atoms with van der Waals surface area (Å²) < 4.78 is 40.2. The number of para-hydroxylation sites is 1. The van der Waals surface area contributed by atoms with Crippen LogP contribution in [0.15, 0.2) is 65.7 Å². The van der Waals surface area contributed by atoms with E-state index in [0.29, 0.717) is 5.69 Å². The van der Waals surface area contributed by atoms with Crippen LogP contribution in [0.3, 0.4) is 0 Å². The zero-order valence-corrected chi connectivity index (χ0v) is 15.3. The lowest BCUT2D eigenvalue weighted by atomic mass is 10.0. The van der Waals surface area contributed by atoms with Crippen LogP contribution in [0, 0.1) is 0 Å². The van der Waals surface area contributed by atoms with Crippen molar-refractivity contribution in [3.8, 4) is 5.69 Å². The van der Waals surface area contributed by atoms with Gasteiger partial charge < -0.3 is 11.1 Å².